The Morgan fingerprint density at radius 2 is 1.25 bits per heavy atom. The maximum absolute atomic E-state index is 2.28. The van der Waals surface area contributed by atoms with Crippen molar-refractivity contribution < 1.29 is 0 Å². The molecule has 0 aliphatic heterocycles. The van der Waals surface area contributed by atoms with E-state index in [-0.39, 0.29) is 0 Å². The summed E-state index contributed by atoms with van der Waals surface area (Å²) in [6, 6.07) is 16.7. The molecule has 0 bridgehead atoms. The largest absolute Gasteiger partial charge is 0.0616 e. The maximum atomic E-state index is 2.28. The van der Waals surface area contributed by atoms with Crippen LogP contribution in [0.5, 0.6) is 0 Å². The van der Waals surface area contributed by atoms with Crippen LogP contribution in [0.4, 0.5) is 0 Å². The van der Waals surface area contributed by atoms with E-state index in [2.05, 4.69) is 62.4 Å². The van der Waals surface area contributed by atoms with Gasteiger partial charge in [0.2, 0.25) is 0 Å². The van der Waals surface area contributed by atoms with Crippen molar-refractivity contribution in [2.75, 3.05) is 0 Å². The van der Waals surface area contributed by atoms with Gasteiger partial charge in [0.15, 0.2) is 0 Å². The van der Waals surface area contributed by atoms with Gasteiger partial charge in [-0.05, 0) is 10.8 Å². The van der Waals surface area contributed by atoms with Gasteiger partial charge in [0.25, 0.3) is 0 Å². The molecule has 0 fully saturated rings. The van der Waals surface area contributed by atoms with Crippen LogP contribution in [0, 0.1) is 5.92 Å². The molecule has 16 heavy (non-hydrogen) atoms. The Morgan fingerprint density at radius 3 is 1.44 bits per heavy atom. The molecule has 0 atom stereocenters. The van der Waals surface area contributed by atoms with Crippen LogP contribution in [0.3, 0.4) is 0 Å². The van der Waals surface area contributed by atoms with Crippen molar-refractivity contribution in [2.45, 2.75) is 23.9 Å². The normalized spacial score (nSPS) is 10.1. The Morgan fingerprint density at radius 1 is 0.875 bits per heavy atom. The van der Waals surface area contributed by atoms with Crippen LogP contribution in [0.25, 0.3) is 10.8 Å². The van der Waals surface area contributed by atoms with Gasteiger partial charge in [-0.3, -0.25) is 0 Å². The molecule has 2 aromatic rings. The zero-order valence-corrected chi connectivity index (χ0v) is 12.6. The van der Waals surface area contributed by atoms with Crippen LogP contribution >= 0.6 is 0 Å². The topological polar surface area (TPSA) is 0 Å². The van der Waals surface area contributed by atoms with Crippen molar-refractivity contribution in [1.29, 1.82) is 0 Å². The van der Waals surface area contributed by atoms with E-state index in [0.717, 1.165) is 5.92 Å². The third-order valence-corrected chi connectivity index (χ3v) is 3.10. The second-order valence-electron chi connectivity index (χ2n) is 4.53. The molecule has 0 nitrogen and oxygen atoms in total. The van der Waals surface area contributed by atoms with Gasteiger partial charge in [0.05, 0.1) is 0 Å². The summed E-state index contributed by atoms with van der Waals surface area (Å²) in [7, 11) is 0. The Kier molecular flexibility index (Phi) is 6.79. The molecule has 0 N–H and O–H groups in total. The van der Waals surface area contributed by atoms with Crippen LogP contribution < -0.4 is 0 Å². The first kappa shape index (κ1) is 13.8. The van der Waals surface area contributed by atoms with Gasteiger partial charge < -0.3 is 0 Å². The molecule has 0 saturated carbocycles. The SMILES string of the molecule is CC(C)C[CH2][Na].c1ccc2ccccc2c1. The van der Waals surface area contributed by atoms with Crippen LogP contribution in [-0.2, 0) is 0 Å². The van der Waals surface area contributed by atoms with Crippen LogP contribution in [0.15, 0.2) is 48.5 Å². The van der Waals surface area contributed by atoms with Gasteiger partial charge in [0.1, 0.15) is 0 Å². The van der Waals surface area contributed by atoms with Crippen molar-refractivity contribution in [3.8, 4) is 0 Å². The first-order chi connectivity index (χ1) is 7.74. The van der Waals surface area contributed by atoms with E-state index < -0.39 is 0 Å². The standard InChI is InChI=1S/C10H8.C5H11.Na/c1-2-6-10-8-4-3-7-9(10)5-1;1-4-5(2)3;/h1-8H;5H,1,4H2,2-3H3;. The molecule has 0 aliphatic rings. The molecule has 0 radical (unpaired) electrons. The van der Waals surface area contributed by atoms with Crippen LogP contribution in [0.1, 0.15) is 20.3 Å². The third kappa shape index (κ3) is 5.16. The van der Waals surface area contributed by atoms with E-state index in [0.29, 0.717) is 0 Å². The second-order valence-corrected chi connectivity index (χ2v) is 5.53. The predicted octanol–water partition coefficient (Wildman–Crippen LogP) is 4.46. The smallest absolute Gasteiger partial charge is 0.0184 e. The summed E-state index contributed by atoms with van der Waals surface area (Å²) in [5.74, 6) is 0.933. The molecule has 0 unspecified atom stereocenters. The monoisotopic (exact) mass is 222 g/mol. The van der Waals surface area contributed by atoms with E-state index in [1.54, 1.807) is 0 Å². The Bertz CT molecular complexity index is 341. The number of rotatable bonds is 2. The van der Waals surface area contributed by atoms with Gasteiger partial charge in [-0.25, -0.2) is 0 Å². The fourth-order valence-electron chi connectivity index (χ4n) is 1.71. The van der Waals surface area contributed by atoms with Crippen molar-refractivity contribution in [1.82, 2.24) is 0 Å². The summed E-state index contributed by atoms with van der Waals surface area (Å²) < 4.78 is 1.47. The first-order valence-corrected chi connectivity index (χ1v) is 7.59. The molecule has 2 rings (SSSR count). The third-order valence-electron chi connectivity index (χ3n) is 2.52. The minimum Gasteiger partial charge on any atom is -0.0616 e. The summed E-state index contributed by atoms with van der Waals surface area (Å²) in [5, 5.41) is 2.62. The van der Waals surface area contributed by atoms with Gasteiger partial charge in [-0.2, -0.15) is 0 Å². The van der Waals surface area contributed by atoms with Gasteiger partial charge in [-0.1, -0.05) is 48.5 Å². The summed E-state index contributed by atoms with van der Waals surface area (Å²) in [5.41, 5.74) is 0. The van der Waals surface area contributed by atoms with Crippen LogP contribution in [-0.4, -0.2) is 27.9 Å². The minimum atomic E-state index is 0.933. The second kappa shape index (κ2) is 7.89. The number of fused-ring (bicyclic) bond motifs is 1. The van der Waals surface area contributed by atoms with Gasteiger partial charge in [0, 0.05) is 0 Å². The molecule has 1 heteroatoms. The molecule has 80 valence electrons. The molecule has 2 aromatic carbocycles. The van der Waals surface area contributed by atoms with E-state index >= 15 is 0 Å². The van der Waals surface area contributed by atoms with Crippen molar-refractivity contribution in [3.63, 3.8) is 0 Å². The van der Waals surface area contributed by atoms with E-state index in [1.807, 2.05) is 0 Å². The Labute approximate surface area is 116 Å². The zero-order chi connectivity index (χ0) is 11.8. The van der Waals surface area contributed by atoms with Gasteiger partial charge in [-0.15, -0.1) is 0 Å². The summed E-state index contributed by atoms with van der Waals surface area (Å²) in [4.78, 5) is 0. The molecule has 0 aromatic heterocycles. The molecular weight excluding hydrogens is 203 g/mol. The quantitative estimate of drug-likeness (QED) is 0.658. The summed E-state index contributed by atoms with van der Waals surface area (Å²) in [6.07, 6.45) is 1.44. The fraction of sp³-hybridized carbons (Fsp3) is 0.333. The minimum absolute atomic E-state index is 0.933. The number of hydrogen-bond donors (Lipinski definition) is 0. The number of hydrogen-bond acceptors (Lipinski definition) is 0. The Balaban J connectivity index is 0.000000187. The molecule has 0 heterocycles. The van der Waals surface area contributed by atoms with Crippen molar-refractivity contribution in [2.24, 2.45) is 5.92 Å². The predicted molar refractivity (Wildman–Crippen MR) is 74.0 cm³/mol. The van der Waals surface area contributed by atoms with Gasteiger partial charge >= 0.3 is 57.8 Å². The molecule has 0 spiro atoms. The van der Waals surface area contributed by atoms with E-state index in [4.69, 9.17) is 0 Å². The van der Waals surface area contributed by atoms with Crippen molar-refractivity contribution in [3.05, 3.63) is 48.5 Å². The molecule has 0 aliphatic carbocycles. The molecule has 0 amide bonds. The first-order valence-electron chi connectivity index (χ1n) is 6.17. The molecular formula is C15H19Na. The van der Waals surface area contributed by atoms with Crippen LogP contribution in [0.2, 0.25) is 3.67 Å². The summed E-state index contributed by atoms with van der Waals surface area (Å²) in [6.45, 7) is 4.55. The van der Waals surface area contributed by atoms with E-state index in [1.165, 1.54) is 48.8 Å². The zero-order valence-electron chi connectivity index (χ0n) is 10.6. The average Bonchev–Trinajstić information content (AvgIpc) is 2.30. The molecule has 0 saturated heterocycles. The van der Waals surface area contributed by atoms with E-state index in [9.17, 15) is 0 Å². The Hall–Kier alpha value is -0.300. The fourth-order valence-corrected chi connectivity index (χ4v) is 2.86. The van der Waals surface area contributed by atoms with Crippen molar-refractivity contribution >= 4 is 38.7 Å². The summed E-state index contributed by atoms with van der Waals surface area (Å²) >= 11 is 1.39. The number of benzene rings is 2. The average molecular weight is 222 g/mol. The maximum Gasteiger partial charge on any atom is -0.0184 e.